The molecule has 0 saturated heterocycles. The van der Waals surface area contributed by atoms with E-state index in [2.05, 4.69) is 25.8 Å². The van der Waals surface area contributed by atoms with Gasteiger partial charge in [0, 0.05) is 17.2 Å². The zero-order valence-electron chi connectivity index (χ0n) is 12.4. The van der Waals surface area contributed by atoms with Crippen LogP contribution in [0.5, 0.6) is 0 Å². The number of hydrogen-bond donors (Lipinski definition) is 0. The fraction of sp³-hybridized carbons (Fsp3) is 0.750. The molecule has 0 spiro atoms. The van der Waals surface area contributed by atoms with E-state index >= 15 is 0 Å². The molecule has 0 atom stereocenters. The van der Waals surface area contributed by atoms with Gasteiger partial charge in [0.15, 0.2) is 0 Å². The second kappa shape index (κ2) is 6.69. The van der Waals surface area contributed by atoms with Gasteiger partial charge in [0.1, 0.15) is 11.0 Å². The molecule has 1 aromatic heterocycles. The van der Waals surface area contributed by atoms with E-state index in [0.717, 1.165) is 29.4 Å². The summed E-state index contributed by atoms with van der Waals surface area (Å²) in [5, 5.41) is 0.667. The first kappa shape index (κ1) is 14.8. The van der Waals surface area contributed by atoms with Crippen LogP contribution >= 0.6 is 11.6 Å². The van der Waals surface area contributed by atoms with Crippen LogP contribution in [0.3, 0.4) is 0 Å². The molecule has 19 heavy (non-hydrogen) atoms. The van der Waals surface area contributed by atoms with Crippen LogP contribution < -0.4 is 0 Å². The second-order valence-electron chi connectivity index (χ2n) is 5.80. The zero-order chi connectivity index (χ0) is 13.8. The average molecular weight is 281 g/mol. The lowest BCUT2D eigenvalue weighted by molar-refractivity contribution is 0.302. The lowest BCUT2D eigenvalue weighted by Gasteiger charge is -2.27. The van der Waals surface area contributed by atoms with Crippen LogP contribution in [0, 0.1) is 12.8 Å². The Labute approximate surface area is 122 Å². The normalized spacial score (nSPS) is 23.6. The quantitative estimate of drug-likeness (QED) is 0.719. The van der Waals surface area contributed by atoms with Crippen molar-refractivity contribution in [1.29, 1.82) is 0 Å². The van der Waals surface area contributed by atoms with Gasteiger partial charge in [-0.05, 0) is 44.9 Å². The summed E-state index contributed by atoms with van der Waals surface area (Å²) in [7, 11) is 0. The maximum Gasteiger partial charge on any atom is 0.136 e. The van der Waals surface area contributed by atoms with Gasteiger partial charge in [0.2, 0.25) is 0 Å². The molecule has 3 heteroatoms. The molecule has 0 bridgehead atoms. The van der Waals surface area contributed by atoms with Gasteiger partial charge in [0.05, 0.1) is 0 Å². The molecule has 1 aromatic rings. The highest BCUT2D eigenvalue weighted by molar-refractivity contribution is 6.30. The molecular formula is C16H25ClN2. The number of hydrogen-bond acceptors (Lipinski definition) is 2. The summed E-state index contributed by atoms with van der Waals surface area (Å²) in [6.07, 6.45) is 8.71. The molecule has 2 rings (SSSR count). The van der Waals surface area contributed by atoms with Gasteiger partial charge in [-0.1, -0.05) is 38.3 Å². The highest BCUT2D eigenvalue weighted by atomic mass is 35.5. The molecule has 0 unspecified atom stereocenters. The van der Waals surface area contributed by atoms with Crippen LogP contribution in [0.15, 0.2) is 0 Å². The number of aromatic nitrogens is 2. The Morgan fingerprint density at radius 3 is 2.32 bits per heavy atom. The van der Waals surface area contributed by atoms with Crippen molar-refractivity contribution in [3.05, 3.63) is 22.2 Å². The number of aryl methyl sites for hydroxylation is 1. The molecular weight excluding hydrogens is 256 g/mol. The van der Waals surface area contributed by atoms with Gasteiger partial charge >= 0.3 is 0 Å². The Hall–Kier alpha value is -0.630. The fourth-order valence-electron chi connectivity index (χ4n) is 3.28. The molecule has 1 heterocycles. The molecule has 1 aliphatic rings. The van der Waals surface area contributed by atoms with E-state index in [1.165, 1.54) is 38.5 Å². The largest absolute Gasteiger partial charge is 0.238 e. The van der Waals surface area contributed by atoms with Crippen LogP contribution in [0.4, 0.5) is 0 Å². The smallest absolute Gasteiger partial charge is 0.136 e. The van der Waals surface area contributed by atoms with Crippen molar-refractivity contribution in [2.45, 2.75) is 71.6 Å². The summed E-state index contributed by atoms with van der Waals surface area (Å²) < 4.78 is 0. The zero-order valence-corrected chi connectivity index (χ0v) is 13.1. The van der Waals surface area contributed by atoms with Crippen molar-refractivity contribution in [3.8, 4) is 0 Å². The van der Waals surface area contributed by atoms with Gasteiger partial charge < -0.3 is 0 Å². The van der Waals surface area contributed by atoms with Gasteiger partial charge in [-0.2, -0.15) is 0 Å². The number of nitrogens with zero attached hydrogens (tertiary/aromatic N) is 2. The predicted molar refractivity (Wildman–Crippen MR) is 80.8 cm³/mol. The van der Waals surface area contributed by atoms with Gasteiger partial charge in [0.25, 0.3) is 0 Å². The molecule has 0 aromatic carbocycles. The molecule has 0 N–H and O–H groups in total. The molecule has 106 valence electrons. The summed E-state index contributed by atoms with van der Waals surface area (Å²) in [5.41, 5.74) is 2.17. The standard InChI is InChI=1S/C16H25ClN2/c1-4-6-12-7-9-13(10-8-12)16-18-11(3)14(5-2)15(17)19-16/h12-13H,4-10H2,1-3H3. The Morgan fingerprint density at radius 1 is 1.11 bits per heavy atom. The SMILES string of the molecule is CCCC1CCC(c2nc(C)c(CC)c(Cl)n2)CC1. The van der Waals surface area contributed by atoms with E-state index in [9.17, 15) is 0 Å². The average Bonchev–Trinajstić information content (AvgIpc) is 2.39. The minimum absolute atomic E-state index is 0.523. The minimum Gasteiger partial charge on any atom is -0.238 e. The van der Waals surface area contributed by atoms with Crippen LogP contribution in [-0.2, 0) is 6.42 Å². The van der Waals surface area contributed by atoms with E-state index in [1.54, 1.807) is 0 Å². The molecule has 1 fully saturated rings. The molecule has 1 saturated carbocycles. The minimum atomic E-state index is 0.523. The summed E-state index contributed by atoms with van der Waals surface area (Å²) in [5.74, 6) is 2.43. The molecule has 0 aliphatic heterocycles. The maximum absolute atomic E-state index is 6.28. The van der Waals surface area contributed by atoms with E-state index in [0.29, 0.717) is 11.1 Å². The van der Waals surface area contributed by atoms with Crippen molar-refractivity contribution >= 4 is 11.6 Å². The topological polar surface area (TPSA) is 25.8 Å². The first-order valence-electron chi connectivity index (χ1n) is 7.68. The second-order valence-corrected chi connectivity index (χ2v) is 6.15. The maximum atomic E-state index is 6.28. The van der Waals surface area contributed by atoms with E-state index in [-0.39, 0.29) is 0 Å². The summed E-state index contributed by atoms with van der Waals surface area (Å²) in [6.45, 7) is 6.44. The third kappa shape index (κ3) is 3.47. The molecule has 1 aliphatic carbocycles. The lowest BCUT2D eigenvalue weighted by Crippen LogP contribution is -2.16. The van der Waals surface area contributed by atoms with Gasteiger partial charge in [-0.3, -0.25) is 0 Å². The third-order valence-electron chi connectivity index (χ3n) is 4.44. The van der Waals surface area contributed by atoms with Crippen LogP contribution in [0.1, 0.15) is 75.4 Å². The highest BCUT2D eigenvalue weighted by Gasteiger charge is 2.24. The lowest BCUT2D eigenvalue weighted by atomic mass is 9.80. The summed E-state index contributed by atoms with van der Waals surface area (Å²) in [4.78, 5) is 9.26. The summed E-state index contributed by atoms with van der Waals surface area (Å²) in [6, 6.07) is 0. The van der Waals surface area contributed by atoms with Crippen molar-refractivity contribution in [3.63, 3.8) is 0 Å². The Kier molecular flexibility index (Phi) is 5.20. The van der Waals surface area contributed by atoms with Crippen molar-refractivity contribution in [2.75, 3.05) is 0 Å². The monoisotopic (exact) mass is 280 g/mol. The molecule has 0 radical (unpaired) electrons. The van der Waals surface area contributed by atoms with Crippen LogP contribution in [-0.4, -0.2) is 9.97 Å². The van der Waals surface area contributed by atoms with Crippen LogP contribution in [0.25, 0.3) is 0 Å². The third-order valence-corrected chi connectivity index (χ3v) is 4.76. The number of halogens is 1. The van der Waals surface area contributed by atoms with Crippen molar-refractivity contribution in [1.82, 2.24) is 9.97 Å². The first-order chi connectivity index (χ1) is 9.15. The van der Waals surface area contributed by atoms with Gasteiger partial charge in [-0.25, -0.2) is 9.97 Å². The predicted octanol–water partition coefficient (Wildman–Crippen LogP) is 5.07. The Bertz CT molecular complexity index is 400. The molecule has 2 nitrogen and oxygen atoms in total. The first-order valence-corrected chi connectivity index (χ1v) is 8.06. The van der Waals surface area contributed by atoms with Crippen molar-refractivity contribution in [2.24, 2.45) is 5.92 Å². The summed E-state index contributed by atoms with van der Waals surface area (Å²) >= 11 is 6.28. The van der Waals surface area contributed by atoms with Gasteiger partial charge in [-0.15, -0.1) is 0 Å². The van der Waals surface area contributed by atoms with E-state index in [1.807, 2.05) is 0 Å². The van der Waals surface area contributed by atoms with Crippen LogP contribution in [0.2, 0.25) is 5.15 Å². The Balaban J connectivity index is 2.07. The van der Waals surface area contributed by atoms with E-state index < -0.39 is 0 Å². The molecule has 0 amide bonds. The number of rotatable bonds is 4. The highest BCUT2D eigenvalue weighted by Crippen LogP contribution is 2.36. The Morgan fingerprint density at radius 2 is 1.79 bits per heavy atom. The fourth-order valence-corrected chi connectivity index (χ4v) is 3.64. The van der Waals surface area contributed by atoms with Crippen molar-refractivity contribution < 1.29 is 0 Å². The van der Waals surface area contributed by atoms with E-state index in [4.69, 9.17) is 16.6 Å².